The molecule has 0 N–H and O–H groups in total. The normalized spacial score (nSPS) is 16.1. The predicted octanol–water partition coefficient (Wildman–Crippen LogP) is 8.68. The van der Waals surface area contributed by atoms with E-state index in [-0.39, 0.29) is 6.04 Å². The van der Waals surface area contributed by atoms with Gasteiger partial charge in [-0.3, -0.25) is 4.68 Å². The second-order valence-electron chi connectivity index (χ2n) is 10.4. The van der Waals surface area contributed by atoms with Crippen LogP contribution in [-0.2, 0) is 0 Å². The quantitative estimate of drug-likeness (QED) is 0.204. The van der Waals surface area contributed by atoms with Crippen LogP contribution >= 0.6 is 0 Å². The molecule has 0 fully saturated rings. The first-order chi connectivity index (χ1) is 20.7. The number of hydrogen-bond acceptors (Lipinski definition) is 5. The zero-order valence-electron chi connectivity index (χ0n) is 23.4. The highest BCUT2D eigenvalue weighted by atomic mass is 16.5. The van der Waals surface area contributed by atoms with Gasteiger partial charge in [-0.25, -0.2) is 5.01 Å². The molecular formula is C36H31N5O. The number of rotatable bonds is 7. The summed E-state index contributed by atoms with van der Waals surface area (Å²) >= 11 is 0. The zero-order valence-corrected chi connectivity index (χ0v) is 23.4. The molecule has 0 spiro atoms. The van der Waals surface area contributed by atoms with Gasteiger partial charge in [0.2, 0.25) is 0 Å². The van der Waals surface area contributed by atoms with Crippen LogP contribution in [0, 0.1) is 0 Å². The van der Waals surface area contributed by atoms with Crippen molar-refractivity contribution in [1.29, 1.82) is 0 Å². The van der Waals surface area contributed by atoms with Gasteiger partial charge in [0, 0.05) is 17.3 Å². The number of allylic oxidation sites excluding steroid dienone is 4. The fourth-order valence-electron chi connectivity index (χ4n) is 5.44. The Labute approximate surface area is 246 Å². The first kappa shape index (κ1) is 25.6. The molecule has 0 saturated heterocycles. The third-order valence-corrected chi connectivity index (χ3v) is 7.56. The highest BCUT2D eigenvalue weighted by molar-refractivity contribution is 5.98. The van der Waals surface area contributed by atoms with Crippen LogP contribution in [0.3, 0.4) is 0 Å². The lowest BCUT2D eigenvalue weighted by Crippen LogP contribution is -2.29. The van der Waals surface area contributed by atoms with Crippen molar-refractivity contribution in [1.82, 2.24) is 9.78 Å². The molecule has 2 heterocycles. The van der Waals surface area contributed by atoms with E-state index in [9.17, 15) is 0 Å². The second-order valence-corrected chi connectivity index (χ2v) is 10.4. The van der Waals surface area contributed by atoms with E-state index in [2.05, 4.69) is 94.5 Å². The van der Waals surface area contributed by atoms with E-state index < -0.39 is 0 Å². The average Bonchev–Trinajstić information content (AvgIpc) is 3.67. The van der Waals surface area contributed by atoms with Crippen molar-refractivity contribution in [2.24, 2.45) is 5.10 Å². The molecule has 0 saturated carbocycles. The molecule has 1 aliphatic carbocycles. The van der Waals surface area contributed by atoms with Crippen molar-refractivity contribution < 1.29 is 4.74 Å². The smallest absolute Gasteiger partial charge is 0.129 e. The lowest BCUT2D eigenvalue weighted by atomic mass is 10.1. The fourth-order valence-corrected chi connectivity index (χ4v) is 5.44. The third kappa shape index (κ3) is 5.22. The number of amidine groups is 1. The topological polar surface area (TPSA) is 45.9 Å². The molecule has 5 aromatic rings. The molecule has 0 amide bonds. The molecule has 7 rings (SSSR count). The number of para-hydroxylation sites is 1. The molecule has 6 nitrogen and oxygen atoms in total. The minimum atomic E-state index is 0.177. The first-order valence-electron chi connectivity index (χ1n) is 14.2. The lowest BCUT2D eigenvalue weighted by Gasteiger charge is -2.20. The van der Waals surface area contributed by atoms with Gasteiger partial charge >= 0.3 is 0 Å². The molecule has 4 aromatic carbocycles. The summed E-state index contributed by atoms with van der Waals surface area (Å²) in [7, 11) is 0. The van der Waals surface area contributed by atoms with Crippen LogP contribution in [-0.4, -0.2) is 22.3 Å². The number of anilines is 2. The molecule has 0 bridgehead atoms. The van der Waals surface area contributed by atoms with Gasteiger partial charge in [0.15, 0.2) is 0 Å². The zero-order chi connectivity index (χ0) is 28.3. The van der Waals surface area contributed by atoms with E-state index >= 15 is 0 Å². The van der Waals surface area contributed by atoms with Crippen LogP contribution in [0.4, 0.5) is 11.4 Å². The van der Waals surface area contributed by atoms with Crippen LogP contribution in [0.15, 0.2) is 145 Å². The third-order valence-electron chi connectivity index (χ3n) is 7.56. The Kier molecular flexibility index (Phi) is 6.86. The maximum atomic E-state index is 6.37. The van der Waals surface area contributed by atoms with Gasteiger partial charge in [-0.15, -0.1) is 0 Å². The maximum Gasteiger partial charge on any atom is 0.129 e. The van der Waals surface area contributed by atoms with E-state index in [0.29, 0.717) is 6.67 Å². The van der Waals surface area contributed by atoms with Crippen LogP contribution < -0.4 is 14.6 Å². The predicted molar refractivity (Wildman–Crippen MR) is 171 cm³/mol. The largest absolute Gasteiger partial charge is 0.457 e. The summed E-state index contributed by atoms with van der Waals surface area (Å²) in [5.74, 6) is 2.47. The van der Waals surface area contributed by atoms with Crippen LogP contribution in [0.5, 0.6) is 11.5 Å². The highest BCUT2D eigenvalue weighted by Gasteiger charge is 2.23. The lowest BCUT2D eigenvalue weighted by molar-refractivity contribution is 0.483. The van der Waals surface area contributed by atoms with Gasteiger partial charge in [-0.1, -0.05) is 91.0 Å². The number of benzene rings is 4. The van der Waals surface area contributed by atoms with Gasteiger partial charge in [0.25, 0.3) is 0 Å². The Morgan fingerprint density at radius 3 is 2.21 bits per heavy atom. The van der Waals surface area contributed by atoms with E-state index in [0.717, 1.165) is 57.6 Å². The van der Waals surface area contributed by atoms with E-state index in [1.807, 2.05) is 66.5 Å². The summed E-state index contributed by atoms with van der Waals surface area (Å²) in [6.45, 7) is 2.68. The number of nitrogens with zero attached hydrogens (tertiary/aromatic N) is 5. The number of ether oxygens (including phenoxy) is 1. The molecule has 0 unspecified atom stereocenters. The molecular weight excluding hydrogens is 518 g/mol. The van der Waals surface area contributed by atoms with Crippen molar-refractivity contribution in [3.63, 3.8) is 0 Å². The fraction of sp³-hybridized carbons (Fsp3) is 0.111. The van der Waals surface area contributed by atoms with Crippen molar-refractivity contribution in [3.05, 3.63) is 140 Å². The number of aromatic nitrogens is 2. The van der Waals surface area contributed by atoms with Crippen molar-refractivity contribution in [3.8, 4) is 34.0 Å². The molecule has 6 heteroatoms. The van der Waals surface area contributed by atoms with Crippen molar-refractivity contribution in [2.45, 2.75) is 19.4 Å². The van der Waals surface area contributed by atoms with E-state index in [1.165, 1.54) is 0 Å². The minimum Gasteiger partial charge on any atom is -0.457 e. The van der Waals surface area contributed by atoms with Gasteiger partial charge in [0.05, 0.1) is 23.1 Å². The minimum absolute atomic E-state index is 0.177. The Morgan fingerprint density at radius 2 is 1.43 bits per heavy atom. The summed E-state index contributed by atoms with van der Waals surface area (Å²) in [5, 5.41) is 11.9. The number of hydrazone groups is 1. The van der Waals surface area contributed by atoms with Gasteiger partial charge in [-0.05, 0) is 61.4 Å². The Balaban J connectivity index is 1.14. The Morgan fingerprint density at radius 1 is 0.714 bits per heavy atom. The molecule has 0 radical (unpaired) electrons. The summed E-state index contributed by atoms with van der Waals surface area (Å²) in [6.07, 6.45) is 9.51. The Bertz CT molecular complexity index is 1790. The molecule has 1 aromatic heterocycles. The molecule has 206 valence electrons. The standard InChI is InChI=1S/C36H31N5O/c1-27-37-40(26-39(27)30-16-7-3-8-17-30)32-20-12-22-34(24-32)42-33-21-11-15-29(23-33)35-25-36(28-13-5-2-6-14-28)41(38-35)31-18-9-4-10-19-31/h2-18,20-25,31H,19,26H2,1H3/t31-/m1/s1. The highest BCUT2D eigenvalue weighted by Crippen LogP contribution is 2.34. The summed E-state index contributed by atoms with van der Waals surface area (Å²) in [6, 6.07) is 39.3. The van der Waals surface area contributed by atoms with E-state index in [1.54, 1.807) is 0 Å². The second kappa shape index (κ2) is 11.3. The first-order valence-corrected chi connectivity index (χ1v) is 14.2. The molecule has 1 aliphatic heterocycles. The van der Waals surface area contributed by atoms with Crippen LogP contribution in [0.1, 0.15) is 19.4 Å². The molecule has 2 aliphatic rings. The molecule has 1 atom stereocenters. The van der Waals surface area contributed by atoms with Crippen LogP contribution in [0.25, 0.3) is 22.5 Å². The molecule has 42 heavy (non-hydrogen) atoms. The van der Waals surface area contributed by atoms with Crippen molar-refractivity contribution in [2.75, 3.05) is 16.6 Å². The number of hydrogen-bond donors (Lipinski definition) is 0. The van der Waals surface area contributed by atoms with Crippen LogP contribution in [0.2, 0.25) is 0 Å². The Hall–Kier alpha value is -5.36. The van der Waals surface area contributed by atoms with Gasteiger partial charge < -0.3 is 9.64 Å². The van der Waals surface area contributed by atoms with Crippen molar-refractivity contribution >= 4 is 17.2 Å². The monoisotopic (exact) mass is 549 g/mol. The summed E-state index contributed by atoms with van der Waals surface area (Å²) in [4.78, 5) is 2.19. The maximum absolute atomic E-state index is 6.37. The van der Waals surface area contributed by atoms with Gasteiger partial charge in [-0.2, -0.15) is 10.2 Å². The summed E-state index contributed by atoms with van der Waals surface area (Å²) in [5.41, 5.74) is 6.27. The average molecular weight is 550 g/mol. The van der Waals surface area contributed by atoms with Gasteiger partial charge in [0.1, 0.15) is 24.0 Å². The van der Waals surface area contributed by atoms with E-state index in [4.69, 9.17) is 14.9 Å². The summed E-state index contributed by atoms with van der Waals surface area (Å²) < 4.78 is 8.51. The SMILES string of the molecule is CC1=NN(c2cccc(Oc3cccc(-c4cc(-c5ccccc5)n([C@@H]5C=CC=CC5)n4)c3)c2)CN1c1ccccc1.